The van der Waals surface area contributed by atoms with E-state index in [1.165, 1.54) is 5.56 Å². The molecule has 1 N–H and O–H groups in total. The zero-order valence-electron chi connectivity index (χ0n) is 12.7. The van der Waals surface area contributed by atoms with E-state index in [9.17, 15) is 5.26 Å². The highest BCUT2D eigenvalue weighted by Crippen LogP contribution is 2.35. The molecule has 0 unspecified atom stereocenters. The van der Waals surface area contributed by atoms with E-state index in [1.807, 2.05) is 19.1 Å². The second-order valence-corrected chi connectivity index (χ2v) is 6.58. The number of aromatic amines is 1. The van der Waals surface area contributed by atoms with E-state index in [2.05, 4.69) is 64.0 Å². The first-order valence-corrected chi connectivity index (χ1v) is 7.99. The molecule has 0 amide bonds. The van der Waals surface area contributed by atoms with Crippen LogP contribution >= 0.6 is 15.9 Å². The Morgan fingerprint density at radius 3 is 2.64 bits per heavy atom. The Labute approximate surface area is 138 Å². The molecule has 0 radical (unpaired) electrons. The van der Waals surface area contributed by atoms with Crippen molar-refractivity contribution in [2.24, 2.45) is 0 Å². The molecule has 2 heterocycles. The number of fused-ring (bicyclic) bond motifs is 1. The summed E-state index contributed by atoms with van der Waals surface area (Å²) in [4.78, 5) is 7.78. The predicted octanol–water partition coefficient (Wildman–Crippen LogP) is 5.30. The van der Waals surface area contributed by atoms with Gasteiger partial charge in [0.05, 0.1) is 11.3 Å². The van der Waals surface area contributed by atoms with Gasteiger partial charge in [0.25, 0.3) is 0 Å². The average molecular weight is 354 g/mol. The van der Waals surface area contributed by atoms with E-state index >= 15 is 0 Å². The molecule has 3 aromatic rings. The summed E-state index contributed by atoms with van der Waals surface area (Å²) in [6.07, 6.45) is 0. The largest absolute Gasteiger partial charge is 0.338 e. The van der Waals surface area contributed by atoms with Crippen LogP contribution in [0.15, 0.2) is 34.8 Å². The van der Waals surface area contributed by atoms with Gasteiger partial charge in [0.1, 0.15) is 11.7 Å². The van der Waals surface area contributed by atoms with Crippen molar-refractivity contribution in [2.45, 2.75) is 26.7 Å². The molecule has 110 valence electrons. The minimum absolute atomic E-state index is 0.466. The molecule has 0 spiro atoms. The summed E-state index contributed by atoms with van der Waals surface area (Å²) >= 11 is 3.64. The van der Waals surface area contributed by atoms with Crippen molar-refractivity contribution < 1.29 is 0 Å². The fourth-order valence-corrected chi connectivity index (χ4v) is 3.18. The monoisotopic (exact) mass is 353 g/mol. The molecule has 0 saturated heterocycles. The number of hydrogen-bond donors (Lipinski definition) is 1. The number of benzene rings is 1. The number of aromatic nitrogens is 2. The van der Waals surface area contributed by atoms with Gasteiger partial charge >= 0.3 is 0 Å². The van der Waals surface area contributed by atoms with Gasteiger partial charge in [-0.15, -0.1) is 0 Å². The molecule has 0 fully saturated rings. The van der Waals surface area contributed by atoms with Crippen molar-refractivity contribution >= 4 is 27.0 Å². The van der Waals surface area contributed by atoms with E-state index in [0.717, 1.165) is 32.5 Å². The summed E-state index contributed by atoms with van der Waals surface area (Å²) in [6, 6.07) is 12.5. The van der Waals surface area contributed by atoms with E-state index < -0.39 is 0 Å². The fraction of sp³-hybridized carbons (Fsp3) is 0.222. The van der Waals surface area contributed by atoms with Crippen LogP contribution in [0.1, 0.15) is 36.6 Å². The Morgan fingerprint density at radius 1 is 1.23 bits per heavy atom. The third-order valence-electron chi connectivity index (χ3n) is 3.84. The molecule has 22 heavy (non-hydrogen) atoms. The van der Waals surface area contributed by atoms with Gasteiger partial charge in [0.2, 0.25) is 0 Å². The molecule has 0 atom stereocenters. The van der Waals surface area contributed by atoms with E-state index in [-0.39, 0.29) is 0 Å². The van der Waals surface area contributed by atoms with Crippen LogP contribution in [0.2, 0.25) is 0 Å². The number of rotatable bonds is 2. The maximum Gasteiger partial charge on any atom is 0.139 e. The van der Waals surface area contributed by atoms with Crippen molar-refractivity contribution in [3.8, 4) is 17.3 Å². The minimum Gasteiger partial charge on any atom is -0.338 e. The normalized spacial score (nSPS) is 11.1. The van der Waals surface area contributed by atoms with Crippen molar-refractivity contribution in [3.05, 3.63) is 51.6 Å². The fourth-order valence-electron chi connectivity index (χ4n) is 2.58. The molecule has 0 aliphatic heterocycles. The summed E-state index contributed by atoms with van der Waals surface area (Å²) in [5.41, 5.74) is 5.39. The van der Waals surface area contributed by atoms with Gasteiger partial charge in [-0.1, -0.05) is 41.9 Å². The van der Waals surface area contributed by atoms with E-state index in [4.69, 9.17) is 0 Å². The average Bonchev–Trinajstić information content (AvgIpc) is 2.84. The van der Waals surface area contributed by atoms with Gasteiger partial charge in [0, 0.05) is 21.1 Å². The second-order valence-electron chi connectivity index (χ2n) is 5.73. The molecule has 3 nitrogen and oxygen atoms in total. The van der Waals surface area contributed by atoms with Crippen LogP contribution < -0.4 is 0 Å². The zero-order chi connectivity index (χ0) is 15.9. The lowest BCUT2D eigenvalue weighted by Crippen LogP contribution is -1.90. The Kier molecular flexibility index (Phi) is 3.76. The summed E-state index contributed by atoms with van der Waals surface area (Å²) < 4.78 is 0.985. The lowest BCUT2D eigenvalue weighted by atomic mass is 9.99. The van der Waals surface area contributed by atoms with Crippen molar-refractivity contribution in [2.75, 3.05) is 0 Å². The van der Waals surface area contributed by atoms with Crippen molar-refractivity contribution in [3.63, 3.8) is 0 Å². The highest BCUT2D eigenvalue weighted by Gasteiger charge is 2.16. The summed E-state index contributed by atoms with van der Waals surface area (Å²) in [7, 11) is 0. The predicted molar refractivity (Wildman–Crippen MR) is 92.8 cm³/mol. The first kappa shape index (κ1) is 14.8. The van der Waals surface area contributed by atoms with Crippen LogP contribution in [-0.2, 0) is 0 Å². The number of nitriles is 1. The molecule has 0 bridgehead atoms. The molecular formula is C18H16BrN3. The molecule has 2 aromatic heterocycles. The maximum absolute atomic E-state index is 9.56. The van der Waals surface area contributed by atoms with Crippen LogP contribution in [0.5, 0.6) is 0 Å². The van der Waals surface area contributed by atoms with Gasteiger partial charge in [-0.3, -0.25) is 0 Å². The van der Waals surface area contributed by atoms with E-state index in [1.54, 1.807) is 0 Å². The van der Waals surface area contributed by atoms with Crippen molar-refractivity contribution in [1.82, 2.24) is 9.97 Å². The van der Waals surface area contributed by atoms with Crippen LogP contribution in [0.25, 0.3) is 22.3 Å². The maximum atomic E-state index is 9.56. The van der Waals surface area contributed by atoms with Gasteiger partial charge < -0.3 is 4.98 Å². The molecule has 0 aliphatic carbocycles. The van der Waals surface area contributed by atoms with Gasteiger partial charge in [-0.25, -0.2) is 4.98 Å². The smallest absolute Gasteiger partial charge is 0.139 e. The van der Waals surface area contributed by atoms with Gasteiger partial charge in [-0.05, 0) is 36.6 Å². The Morgan fingerprint density at radius 2 is 2.00 bits per heavy atom. The number of halogens is 1. The SMILES string of the molecule is Cc1ccc2c(C#N)c(-c3ccc(C(C)C)cc3Br)[nH]c2n1. The van der Waals surface area contributed by atoms with Crippen LogP contribution in [0.4, 0.5) is 0 Å². The second kappa shape index (κ2) is 5.58. The Balaban J connectivity index is 2.24. The number of hydrogen-bond acceptors (Lipinski definition) is 2. The van der Waals surface area contributed by atoms with Gasteiger partial charge in [0.15, 0.2) is 0 Å². The summed E-state index contributed by atoms with van der Waals surface area (Å²) in [5, 5.41) is 10.4. The lowest BCUT2D eigenvalue weighted by molar-refractivity contribution is 0.866. The number of pyridine rings is 1. The quantitative estimate of drug-likeness (QED) is 0.679. The molecule has 0 saturated carbocycles. The Hall–Kier alpha value is -2.12. The van der Waals surface area contributed by atoms with Crippen LogP contribution in [-0.4, -0.2) is 9.97 Å². The highest BCUT2D eigenvalue weighted by molar-refractivity contribution is 9.10. The van der Waals surface area contributed by atoms with Crippen molar-refractivity contribution in [1.29, 1.82) is 5.26 Å². The molecule has 1 aromatic carbocycles. The number of nitrogens with zero attached hydrogens (tertiary/aromatic N) is 2. The van der Waals surface area contributed by atoms with E-state index in [0.29, 0.717) is 11.5 Å². The molecular weight excluding hydrogens is 338 g/mol. The third-order valence-corrected chi connectivity index (χ3v) is 4.49. The molecule has 0 aliphatic rings. The van der Waals surface area contributed by atoms with Crippen LogP contribution in [0.3, 0.4) is 0 Å². The first-order valence-electron chi connectivity index (χ1n) is 7.20. The number of aryl methyl sites for hydroxylation is 1. The summed E-state index contributed by atoms with van der Waals surface area (Å²) in [6.45, 7) is 6.27. The number of H-pyrrole nitrogens is 1. The molecule has 4 heteroatoms. The zero-order valence-corrected chi connectivity index (χ0v) is 14.3. The topological polar surface area (TPSA) is 52.5 Å². The lowest BCUT2D eigenvalue weighted by Gasteiger charge is -2.09. The standard InChI is InChI=1S/C18H16BrN3/c1-10(2)12-5-7-14(16(19)8-12)17-15(9-20)13-6-4-11(3)21-18(13)22-17/h4-8,10H,1-3H3,(H,21,22). The summed E-state index contributed by atoms with van der Waals surface area (Å²) in [5.74, 6) is 0.466. The highest BCUT2D eigenvalue weighted by atomic mass is 79.9. The molecule has 3 rings (SSSR count). The Bertz CT molecular complexity index is 901. The third kappa shape index (κ3) is 2.42. The van der Waals surface area contributed by atoms with Gasteiger partial charge in [-0.2, -0.15) is 5.26 Å². The minimum atomic E-state index is 0.466. The number of nitrogens with one attached hydrogen (secondary N) is 1. The van der Waals surface area contributed by atoms with Crippen LogP contribution in [0, 0.1) is 18.3 Å². The first-order chi connectivity index (χ1) is 10.5.